The van der Waals surface area contributed by atoms with E-state index in [1.165, 1.54) is 6.07 Å². The summed E-state index contributed by atoms with van der Waals surface area (Å²) in [6, 6.07) is 6.99. The third-order valence-corrected chi connectivity index (χ3v) is 3.30. The molecule has 0 aliphatic rings. The lowest BCUT2D eigenvalue weighted by atomic mass is 9.98. The van der Waals surface area contributed by atoms with Gasteiger partial charge in [0.2, 0.25) is 0 Å². The van der Waals surface area contributed by atoms with E-state index in [0.717, 1.165) is 29.8 Å². The average molecular weight is 261 g/mol. The Hall–Kier alpha value is -1.68. The quantitative estimate of drug-likeness (QED) is 0.896. The average Bonchev–Trinajstić information content (AvgIpc) is 2.78. The molecule has 0 bridgehead atoms. The highest BCUT2D eigenvalue weighted by Gasteiger charge is 2.18. The summed E-state index contributed by atoms with van der Waals surface area (Å²) in [5.41, 5.74) is 3.14. The van der Waals surface area contributed by atoms with E-state index in [9.17, 15) is 4.39 Å². The summed E-state index contributed by atoms with van der Waals surface area (Å²) in [5.74, 6) is -0.194. The smallest absolute Gasteiger partial charge is 0.123 e. The summed E-state index contributed by atoms with van der Waals surface area (Å²) < 4.78 is 15.1. The topological polar surface area (TPSA) is 29.9 Å². The molecule has 1 aromatic carbocycles. The second-order valence-electron chi connectivity index (χ2n) is 4.77. The molecule has 0 amide bonds. The van der Waals surface area contributed by atoms with Gasteiger partial charge in [-0.25, -0.2) is 4.39 Å². The highest BCUT2D eigenvalue weighted by atomic mass is 19.1. The van der Waals surface area contributed by atoms with Gasteiger partial charge in [0.1, 0.15) is 5.82 Å². The van der Waals surface area contributed by atoms with Gasteiger partial charge in [-0.2, -0.15) is 5.10 Å². The lowest BCUT2D eigenvalue weighted by Crippen LogP contribution is -2.26. The molecule has 19 heavy (non-hydrogen) atoms. The number of hydrogen-bond acceptors (Lipinski definition) is 2. The van der Waals surface area contributed by atoms with E-state index >= 15 is 0 Å². The number of rotatable bonds is 5. The van der Waals surface area contributed by atoms with Gasteiger partial charge in [-0.1, -0.05) is 13.0 Å². The standard InChI is InChI=1S/C15H20FN3/c1-4-8-17-15(14-7-9-18-19(14)3)13-6-5-12(16)10-11(13)2/h5-7,9-10,15,17H,4,8H2,1-3H3. The number of halogens is 1. The number of nitrogens with one attached hydrogen (secondary N) is 1. The molecule has 1 N–H and O–H groups in total. The number of nitrogens with zero attached hydrogens (tertiary/aromatic N) is 2. The molecular weight excluding hydrogens is 241 g/mol. The molecule has 0 radical (unpaired) electrons. The Morgan fingerprint density at radius 2 is 2.16 bits per heavy atom. The molecule has 0 spiro atoms. The zero-order valence-electron chi connectivity index (χ0n) is 11.7. The van der Waals surface area contributed by atoms with Crippen molar-refractivity contribution in [3.8, 4) is 0 Å². The van der Waals surface area contributed by atoms with Gasteiger partial charge >= 0.3 is 0 Å². The van der Waals surface area contributed by atoms with Gasteiger partial charge in [0.15, 0.2) is 0 Å². The van der Waals surface area contributed by atoms with Crippen LogP contribution >= 0.6 is 0 Å². The van der Waals surface area contributed by atoms with Crippen LogP contribution in [0.2, 0.25) is 0 Å². The third-order valence-electron chi connectivity index (χ3n) is 3.30. The fourth-order valence-corrected chi connectivity index (χ4v) is 2.29. The molecule has 1 atom stereocenters. The summed E-state index contributed by atoms with van der Waals surface area (Å²) in [6.07, 6.45) is 2.84. The monoisotopic (exact) mass is 261 g/mol. The summed E-state index contributed by atoms with van der Waals surface area (Å²) in [5, 5.41) is 7.73. The van der Waals surface area contributed by atoms with Crippen LogP contribution in [0.15, 0.2) is 30.5 Å². The van der Waals surface area contributed by atoms with Crippen LogP contribution in [0.1, 0.15) is 36.2 Å². The Morgan fingerprint density at radius 3 is 2.74 bits per heavy atom. The molecule has 1 aromatic heterocycles. The maximum atomic E-state index is 13.2. The van der Waals surface area contributed by atoms with Crippen LogP contribution < -0.4 is 5.32 Å². The van der Waals surface area contributed by atoms with E-state index in [-0.39, 0.29) is 11.9 Å². The molecule has 0 fully saturated rings. The van der Waals surface area contributed by atoms with Crippen molar-refractivity contribution < 1.29 is 4.39 Å². The molecule has 0 aliphatic heterocycles. The van der Waals surface area contributed by atoms with E-state index in [0.29, 0.717) is 0 Å². The van der Waals surface area contributed by atoms with Crippen LogP contribution in [-0.2, 0) is 7.05 Å². The van der Waals surface area contributed by atoms with Crippen molar-refractivity contribution in [3.05, 3.63) is 53.1 Å². The second-order valence-corrected chi connectivity index (χ2v) is 4.77. The van der Waals surface area contributed by atoms with Crippen molar-refractivity contribution >= 4 is 0 Å². The first kappa shape index (κ1) is 13.7. The Morgan fingerprint density at radius 1 is 1.37 bits per heavy atom. The van der Waals surface area contributed by atoms with Gasteiger partial charge < -0.3 is 5.32 Å². The number of hydrogen-bond donors (Lipinski definition) is 1. The van der Waals surface area contributed by atoms with Crippen LogP contribution in [0.5, 0.6) is 0 Å². The summed E-state index contributed by atoms with van der Waals surface area (Å²) in [6.45, 7) is 4.98. The summed E-state index contributed by atoms with van der Waals surface area (Å²) in [7, 11) is 1.93. The number of aryl methyl sites for hydroxylation is 2. The predicted octanol–water partition coefficient (Wildman–Crippen LogP) is 2.96. The maximum Gasteiger partial charge on any atom is 0.123 e. The van der Waals surface area contributed by atoms with Crippen LogP contribution in [0, 0.1) is 12.7 Å². The molecule has 0 saturated heterocycles. The summed E-state index contributed by atoms with van der Waals surface area (Å²) >= 11 is 0. The van der Waals surface area contributed by atoms with Crippen molar-refractivity contribution in [1.82, 2.24) is 15.1 Å². The van der Waals surface area contributed by atoms with Crippen molar-refractivity contribution in [2.75, 3.05) is 6.54 Å². The fourth-order valence-electron chi connectivity index (χ4n) is 2.29. The maximum absolute atomic E-state index is 13.2. The highest BCUT2D eigenvalue weighted by molar-refractivity contribution is 5.34. The second kappa shape index (κ2) is 5.97. The van der Waals surface area contributed by atoms with Crippen LogP contribution in [0.25, 0.3) is 0 Å². The number of aromatic nitrogens is 2. The molecule has 0 saturated carbocycles. The summed E-state index contributed by atoms with van der Waals surface area (Å²) in [4.78, 5) is 0. The highest BCUT2D eigenvalue weighted by Crippen LogP contribution is 2.25. The van der Waals surface area contributed by atoms with Crippen LogP contribution in [0.3, 0.4) is 0 Å². The van der Waals surface area contributed by atoms with Gasteiger partial charge in [0.05, 0.1) is 11.7 Å². The van der Waals surface area contributed by atoms with E-state index in [1.807, 2.05) is 30.8 Å². The molecule has 2 rings (SSSR count). The molecule has 2 aromatic rings. The Labute approximate surface area is 113 Å². The molecule has 1 heterocycles. The number of benzene rings is 1. The predicted molar refractivity (Wildman–Crippen MR) is 74.5 cm³/mol. The normalized spacial score (nSPS) is 12.6. The van der Waals surface area contributed by atoms with Crippen molar-refractivity contribution in [2.24, 2.45) is 7.05 Å². The van der Waals surface area contributed by atoms with Gasteiger partial charge in [-0.15, -0.1) is 0 Å². The molecule has 0 aliphatic carbocycles. The molecular formula is C15H20FN3. The van der Waals surface area contributed by atoms with Gasteiger partial charge in [0.25, 0.3) is 0 Å². The Kier molecular flexibility index (Phi) is 4.32. The van der Waals surface area contributed by atoms with Gasteiger partial charge in [-0.05, 0) is 49.2 Å². The minimum Gasteiger partial charge on any atom is -0.305 e. The third kappa shape index (κ3) is 3.01. The van der Waals surface area contributed by atoms with Crippen molar-refractivity contribution in [3.63, 3.8) is 0 Å². The van der Waals surface area contributed by atoms with Crippen molar-refractivity contribution in [1.29, 1.82) is 0 Å². The molecule has 1 unspecified atom stereocenters. The SMILES string of the molecule is CCCNC(c1ccc(F)cc1C)c1ccnn1C. The van der Waals surface area contributed by atoms with Crippen LogP contribution in [0.4, 0.5) is 4.39 Å². The van der Waals surface area contributed by atoms with Gasteiger partial charge in [0, 0.05) is 13.2 Å². The zero-order chi connectivity index (χ0) is 13.8. The first-order valence-electron chi connectivity index (χ1n) is 6.60. The van der Waals surface area contributed by atoms with Crippen molar-refractivity contribution in [2.45, 2.75) is 26.3 Å². The fraction of sp³-hybridized carbons (Fsp3) is 0.400. The Balaban J connectivity index is 2.40. The molecule has 4 heteroatoms. The lowest BCUT2D eigenvalue weighted by Gasteiger charge is -2.21. The lowest BCUT2D eigenvalue weighted by molar-refractivity contribution is 0.549. The first-order chi connectivity index (χ1) is 9.13. The van der Waals surface area contributed by atoms with E-state index in [1.54, 1.807) is 12.3 Å². The minimum absolute atomic E-state index is 0.0491. The molecule has 3 nitrogen and oxygen atoms in total. The van der Waals surface area contributed by atoms with Crippen LogP contribution in [-0.4, -0.2) is 16.3 Å². The zero-order valence-corrected chi connectivity index (χ0v) is 11.7. The van der Waals surface area contributed by atoms with E-state index in [2.05, 4.69) is 17.3 Å². The van der Waals surface area contributed by atoms with E-state index in [4.69, 9.17) is 0 Å². The van der Waals surface area contributed by atoms with Gasteiger partial charge in [-0.3, -0.25) is 4.68 Å². The van der Waals surface area contributed by atoms with E-state index < -0.39 is 0 Å². The molecule has 102 valence electrons. The Bertz CT molecular complexity index is 548. The minimum atomic E-state index is -0.194. The largest absolute Gasteiger partial charge is 0.305 e. The first-order valence-corrected chi connectivity index (χ1v) is 6.60.